The fourth-order valence-corrected chi connectivity index (χ4v) is 1.59. The van der Waals surface area contributed by atoms with Crippen LogP contribution in [0.4, 0.5) is 5.69 Å². The molecule has 0 bridgehead atoms. The molecule has 1 aromatic rings. The van der Waals surface area contributed by atoms with Crippen molar-refractivity contribution in [2.24, 2.45) is 0 Å². The molecule has 0 radical (unpaired) electrons. The minimum atomic E-state index is 0.628. The van der Waals surface area contributed by atoms with E-state index in [0.717, 1.165) is 9.32 Å². The second-order valence-corrected chi connectivity index (χ2v) is 3.39. The van der Waals surface area contributed by atoms with Gasteiger partial charge in [-0.05, 0) is 28.7 Å². The lowest BCUT2D eigenvalue weighted by Gasteiger charge is -2.08. The lowest BCUT2D eigenvalue weighted by molar-refractivity contribution is 0.394. The monoisotopic (exact) mass is 279 g/mol. The maximum Gasteiger partial charge on any atom is 0.145 e. The number of anilines is 1. The third-order valence-electron chi connectivity index (χ3n) is 1.50. The van der Waals surface area contributed by atoms with E-state index in [1.165, 1.54) is 0 Å². The number of methoxy groups -OCH3 is 2. The first kappa shape index (κ1) is 9.44. The van der Waals surface area contributed by atoms with Gasteiger partial charge in [0.05, 0.1) is 23.5 Å². The fraction of sp³-hybridized carbons (Fsp3) is 0.250. The summed E-state index contributed by atoms with van der Waals surface area (Å²) >= 11 is 2.16. The molecule has 12 heavy (non-hydrogen) atoms. The first-order valence-electron chi connectivity index (χ1n) is 3.36. The minimum absolute atomic E-state index is 0.628. The maximum absolute atomic E-state index is 5.67. The zero-order valence-electron chi connectivity index (χ0n) is 6.93. The molecule has 0 heterocycles. The highest BCUT2D eigenvalue weighted by molar-refractivity contribution is 14.1. The van der Waals surface area contributed by atoms with Crippen LogP contribution >= 0.6 is 22.6 Å². The Hall–Kier alpha value is -0.650. The maximum atomic E-state index is 5.67. The van der Waals surface area contributed by atoms with Gasteiger partial charge in [0.2, 0.25) is 0 Å². The van der Waals surface area contributed by atoms with E-state index < -0.39 is 0 Å². The first-order chi connectivity index (χ1) is 5.69. The Morgan fingerprint density at radius 3 is 2.25 bits per heavy atom. The van der Waals surface area contributed by atoms with Crippen LogP contribution in [0, 0.1) is 3.57 Å². The molecule has 0 amide bonds. The fourth-order valence-electron chi connectivity index (χ4n) is 0.883. The Morgan fingerprint density at radius 1 is 1.17 bits per heavy atom. The topological polar surface area (TPSA) is 44.5 Å². The molecule has 0 saturated heterocycles. The molecular formula is C8H10INO2. The Bertz CT molecular complexity index is 263. The van der Waals surface area contributed by atoms with Crippen molar-refractivity contribution in [3.63, 3.8) is 0 Å². The van der Waals surface area contributed by atoms with E-state index in [0.29, 0.717) is 11.4 Å². The van der Waals surface area contributed by atoms with Crippen molar-refractivity contribution in [1.82, 2.24) is 0 Å². The first-order valence-corrected chi connectivity index (χ1v) is 4.44. The lowest BCUT2D eigenvalue weighted by Crippen LogP contribution is -1.95. The molecular weight excluding hydrogens is 269 g/mol. The standard InChI is InChI=1S/C8H10INO2/c1-11-7-4-8(12-2)6(10)3-5(7)9/h3-4H,10H2,1-2H3. The molecule has 0 unspecified atom stereocenters. The highest BCUT2D eigenvalue weighted by Gasteiger charge is 2.05. The highest BCUT2D eigenvalue weighted by Crippen LogP contribution is 2.31. The van der Waals surface area contributed by atoms with Gasteiger partial charge in [0.25, 0.3) is 0 Å². The van der Waals surface area contributed by atoms with E-state index in [-0.39, 0.29) is 0 Å². The van der Waals surface area contributed by atoms with Crippen LogP contribution in [0.2, 0.25) is 0 Å². The second-order valence-electron chi connectivity index (χ2n) is 2.23. The van der Waals surface area contributed by atoms with E-state index in [4.69, 9.17) is 15.2 Å². The quantitative estimate of drug-likeness (QED) is 0.664. The van der Waals surface area contributed by atoms with E-state index in [9.17, 15) is 0 Å². The van der Waals surface area contributed by atoms with Gasteiger partial charge in [-0.25, -0.2) is 0 Å². The van der Waals surface area contributed by atoms with Crippen LogP contribution in [0.1, 0.15) is 0 Å². The molecule has 4 heteroatoms. The summed E-state index contributed by atoms with van der Waals surface area (Å²) < 4.78 is 11.1. The number of hydrogen-bond acceptors (Lipinski definition) is 3. The molecule has 0 spiro atoms. The van der Waals surface area contributed by atoms with Crippen LogP contribution in [0.5, 0.6) is 11.5 Å². The molecule has 3 nitrogen and oxygen atoms in total. The summed E-state index contributed by atoms with van der Waals surface area (Å²) in [6, 6.07) is 3.59. The number of halogens is 1. The molecule has 2 N–H and O–H groups in total. The van der Waals surface area contributed by atoms with Crippen LogP contribution < -0.4 is 15.2 Å². The highest BCUT2D eigenvalue weighted by atomic mass is 127. The smallest absolute Gasteiger partial charge is 0.145 e. The average Bonchev–Trinajstić information content (AvgIpc) is 2.05. The van der Waals surface area contributed by atoms with Gasteiger partial charge in [-0.2, -0.15) is 0 Å². The molecule has 0 saturated carbocycles. The Balaban J connectivity index is 3.18. The molecule has 0 aliphatic heterocycles. The van der Waals surface area contributed by atoms with Crippen LogP contribution in [0.15, 0.2) is 12.1 Å². The van der Waals surface area contributed by atoms with E-state index in [2.05, 4.69) is 22.6 Å². The summed E-state index contributed by atoms with van der Waals surface area (Å²) in [5, 5.41) is 0. The van der Waals surface area contributed by atoms with Crippen LogP contribution in [0.3, 0.4) is 0 Å². The van der Waals surface area contributed by atoms with Crippen molar-refractivity contribution in [1.29, 1.82) is 0 Å². The molecule has 0 aliphatic carbocycles. The Morgan fingerprint density at radius 2 is 1.75 bits per heavy atom. The van der Waals surface area contributed by atoms with Crippen molar-refractivity contribution in [3.8, 4) is 11.5 Å². The van der Waals surface area contributed by atoms with E-state index in [1.54, 1.807) is 20.3 Å². The normalized spacial score (nSPS) is 9.58. The third kappa shape index (κ3) is 1.74. The molecule has 66 valence electrons. The number of nitrogen functional groups attached to an aromatic ring is 1. The van der Waals surface area contributed by atoms with Gasteiger partial charge < -0.3 is 15.2 Å². The summed E-state index contributed by atoms with van der Waals surface area (Å²) in [4.78, 5) is 0. The molecule has 0 fully saturated rings. The summed E-state index contributed by atoms with van der Waals surface area (Å²) in [5.41, 5.74) is 6.30. The zero-order valence-corrected chi connectivity index (χ0v) is 9.08. The van der Waals surface area contributed by atoms with Gasteiger partial charge in [-0.15, -0.1) is 0 Å². The van der Waals surface area contributed by atoms with Gasteiger partial charge in [0, 0.05) is 6.07 Å². The van der Waals surface area contributed by atoms with E-state index in [1.807, 2.05) is 6.07 Å². The molecule has 0 aromatic heterocycles. The Kier molecular flexibility index (Phi) is 3.02. The van der Waals surface area contributed by atoms with Crippen molar-refractivity contribution >= 4 is 28.3 Å². The average molecular weight is 279 g/mol. The number of rotatable bonds is 2. The summed E-state index contributed by atoms with van der Waals surface area (Å²) in [6.07, 6.45) is 0. The van der Waals surface area contributed by atoms with Crippen molar-refractivity contribution in [2.45, 2.75) is 0 Å². The summed E-state index contributed by atoms with van der Waals surface area (Å²) in [7, 11) is 3.20. The molecule has 0 atom stereocenters. The van der Waals surface area contributed by atoms with Gasteiger partial charge in [-0.3, -0.25) is 0 Å². The van der Waals surface area contributed by atoms with E-state index >= 15 is 0 Å². The van der Waals surface area contributed by atoms with Gasteiger partial charge >= 0.3 is 0 Å². The third-order valence-corrected chi connectivity index (χ3v) is 2.35. The van der Waals surface area contributed by atoms with Gasteiger partial charge in [0.1, 0.15) is 11.5 Å². The van der Waals surface area contributed by atoms with Gasteiger partial charge in [-0.1, -0.05) is 0 Å². The van der Waals surface area contributed by atoms with Crippen molar-refractivity contribution in [2.75, 3.05) is 20.0 Å². The van der Waals surface area contributed by atoms with Crippen LogP contribution in [0.25, 0.3) is 0 Å². The van der Waals surface area contributed by atoms with Crippen molar-refractivity contribution in [3.05, 3.63) is 15.7 Å². The number of hydrogen-bond donors (Lipinski definition) is 1. The van der Waals surface area contributed by atoms with Crippen molar-refractivity contribution < 1.29 is 9.47 Å². The molecule has 1 rings (SSSR count). The second kappa shape index (κ2) is 3.84. The van der Waals surface area contributed by atoms with Crippen LogP contribution in [-0.2, 0) is 0 Å². The Labute approximate surface area is 85.0 Å². The SMILES string of the molecule is COc1cc(OC)c(I)cc1N. The summed E-state index contributed by atoms with van der Waals surface area (Å²) in [5.74, 6) is 1.42. The number of benzene rings is 1. The number of ether oxygens (including phenoxy) is 2. The number of nitrogens with two attached hydrogens (primary N) is 1. The predicted molar refractivity (Wildman–Crippen MR) is 56.7 cm³/mol. The lowest BCUT2D eigenvalue weighted by atomic mass is 10.3. The zero-order chi connectivity index (χ0) is 9.14. The van der Waals surface area contributed by atoms with Gasteiger partial charge in [0.15, 0.2) is 0 Å². The predicted octanol–water partition coefficient (Wildman–Crippen LogP) is 1.89. The van der Waals surface area contributed by atoms with Crippen LogP contribution in [-0.4, -0.2) is 14.2 Å². The largest absolute Gasteiger partial charge is 0.496 e. The molecule has 0 aliphatic rings. The minimum Gasteiger partial charge on any atom is -0.496 e. The summed E-state index contributed by atoms with van der Waals surface area (Å²) in [6.45, 7) is 0. The molecule has 1 aromatic carbocycles.